The Morgan fingerprint density at radius 1 is 1.25 bits per heavy atom. The van der Waals surface area contributed by atoms with Crippen molar-refractivity contribution in [2.75, 3.05) is 7.11 Å². The smallest absolute Gasteiger partial charge is 0.220 e. The minimum Gasteiger partial charge on any atom is -0.496 e. The van der Waals surface area contributed by atoms with Crippen molar-refractivity contribution in [3.8, 4) is 5.75 Å². The fourth-order valence-electron chi connectivity index (χ4n) is 2.76. The predicted molar refractivity (Wildman–Crippen MR) is 93.6 cm³/mol. The number of carbonyl (C=O) groups excluding carboxylic acids is 1. The van der Waals surface area contributed by atoms with Crippen molar-refractivity contribution in [2.45, 2.75) is 39.2 Å². The summed E-state index contributed by atoms with van der Waals surface area (Å²) in [5.74, 6) is 0.501. The molecule has 128 valence electrons. The van der Waals surface area contributed by atoms with E-state index in [2.05, 4.69) is 5.32 Å². The largest absolute Gasteiger partial charge is 0.496 e. The first kappa shape index (κ1) is 18.0. The van der Waals surface area contributed by atoms with E-state index in [1.165, 1.54) is 6.07 Å². The lowest BCUT2D eigenvalue weighted by Gasteiger charge is -2.19. The Morgan fingerprint density at radius 3 is 2.62 bits per heavy atom. The quantitative estimate of drug-likeness (QED) is 0.820. The second-order valence-electron chi connectivity index (χ2n) is 5.85. The van der Waals surface area contributed by atoms with Crippen LogP contribution >= 0.6 is 0 Å². The average Bonchev–Trinajstić information content (AvgIpc) is 2.59. The molecule has 0 bridgehead atoms. The maximum Gasteiger partial charge on any atom is 0.220 e. The third-order valence-electron chi connectivity index (χ3n) is 4.14. The highest BCUT2D eigenvalue weighted by atomic mass is 19.1. The van der Waals surface area contributed by atoms with Gasteiger partial charge in [-0.25, -0.2) is 4.39 Å². The molecule has 2 rings (SSSR count). The van der Waals surface area contributed by atoms with Crippen LogP contribution in [0.1, 0.15) is 42.5 Å². The molecule has 1 atom stereocenters. The highest BCUT2D eigenvalue weighted by Gasteiger charge is 2.14. The van der Waals surface area contributed by atoms with Gasteiger partial charge in [0.15, 0.2) is 0 Å². The first-order valence-electron chi connectivity index (χ1n) is 8.22. The molecule has 0 spiro atoms. The molecule has 0 fully saturated rings. The van der Waals surface area contributed by atoms with Gasteiger partial charge in [-0.05, 0) is 48.6 Å². The summed E-state index contributed by atoms with van der Waals surface area (Å²) in [5.41, 5.74) is 2.66. The molecule has 0 aliphatic carbocycles. The van der Waals surface area contributed by atoms with E-state index in [1.807, 2.05) is 32.0 Å². The maximum atomic E-state index is 13.6. The molecule has 0 saturated carbocycles. The zero-order valence-corrected chi connectivity index (χ0v) is 14.4. The molecular formula is C20H24FNO2. The molecule has 0 aliphatic heterocycles. The lowest BCUT2D eigenvalue weighted by Crippen LogP contribution is -2.28. The van der Waals surface area contributed by atoms with Gasteiger partial charge in [0.25, 0.3) is 0 Å². The van der Waals surface area contributed by atoms with E-state index >= 15 is 0 Å². The lowest BCUT2D eigenvalue weighted by molar-refractivity contribution is -0.121. The van der Waals surface area contributed by atoms with Gasteiger partial charge in [-0.3, -0.25) is 4.79 Å². The summed E-state index contributed by atoms with van der Waals surface area (Å²) in [6.45, 7) is 4.01. The van der Waals surface area contributed by atoms with Crippen molar-refractivity contribution in [3.63, 3.8) is 0 Å². The molecule has 1 amide bonds. The number of hydrogen-bond acceptors (Lipinski definition) is 2. The fourth-order valence-corrected chi connectivity index (χ4v) is 2.76. The minimum atomic E-state index is -0.261. The molecule has 2 aromatic rings. The van der Waals surface area contributed by atoms with E-state index in [0.29, 0.717) is 12.0 Å². The molecule has 0 heterocycles. The van der Waals surface area contributed by atoms with Gasteiger partial charge in [0.1, 0.15) is 11.6 Å². The Hall–Kier alpha value is -2.36. The van der Waals surface area contributed by atoms with Crippen LogP contribution in [0.25, 0.3) is 0 Å². The van der Waals surface area contributed by atoms with Crippen LogP contribution in [0.4, 0.5) is 4.39 Å². The third kappa shape index (κ3) is 4.57. The van der Waals surface area contributed by atoms with Crippen molar-refractivity contribution in [1.82, 2.24) is 5.32 Å². The van der Waals surface area contributed by atoms with E-state index < -0.39 is 0 Å². The van der Waals surface area contributed by atoms with E-state index in [4.69, 9.17) is 4.74 Å². The van der Waals surface area contributed by atoms with Crippen molar-refractivity contribution >= 4 is 5.91 Å². The summed E-state index contributed by atoms with van der Waals surface area (Å²) >= 11 is 0. The molecule has 1 N–H and O–H groups in total. The number of aryl methyl sites for hydroxylation is 2. The van der Waals surface area contributed by atoms with Crippen LogP contribution in [0.2, 0.25) is 0 Å². The Labute approximate surface area is 142 Å². The van der Waals surface area contributed by atoms with Gasteiger partial charge in [0.05, 0.1) is 13.2 Å². The standard InChI is InChI=1S/C20H24FNO2/c1-4-18(16-9-11-19(24-3)14(2)13-16)22-20(23)12-10-15-7-5-6-8-17(15)21/h5-9,11,13,18H,4,10,12H2,1-3H3,(H,22,23)/t18-/m1/s1. The zero-order chi connectivity index (χ0) is 17.5. The second-order valence-corrected chi connectivity index (χ2v) is 5.85. The summed E-state index contributed by atoms with van der Waals surface area (Å²) < 4.78 is 18.9. The van der Waals surface area contributed by atoms with Crippen LogP contribution in [0, 0.1) is 12.7 Å². The van der Waals surface area contributed by atoms with Crippen LogP contribution in [0.15, 0.2) is 42.5 Å². The van der Waals surface area contributed by atoms with Gasteiger partial charge in [-0.1, -0.05) is 37.3 Å². The van der Waals surface area contributed by atoms with Gasteiger partial charge < -0.3 is 10.1 Å². The Balaban J connectivity index is 1.98. The number of nitrogens with one attached hydrogen (secondary N) is 1. The first-order valence-corrected chi connectivity index (χ1v) is 8.22. The van der Waals surface area contributed by atoms with Crippen LogP contribution in [-0.4, -0.2) is 13.0 Å². The van der Waals surface area contributed by atoms with Crippen molar-refractivity contribution in [3.05, 3.63) is 65.0 Å². The minimum absolute atomic E-state index is 0.0530. The Kier molecular flexibility index (Phi) is 6.36. The molecule has 2 aromatic carbocycles. The highest BCUT2D eigenvalue weighted by Crippen LogP contribution is 2.24. The molecule has 0 aromatic heterocycles. The Bertz CT molecular complexity index is 700. The summed E-state index contributed by atoms with van der Waals surface area (Å²) in [5, 5.41) is 3.04. The number of hydrogen-bond donors (Lipinski definition) is 1. The summed E-state index contributed by atoms with van der Waals surface area (Å²) in [7, 11) is 1.64. The van der Waals surface area contributed by atoms with Gasteiger partial charge in [0.2, 0.25) is 5.91 Å². The van der Waals surface area contributed by atoms with Crippen LogP contribution in [0.3, 0.4) is 0 Å². The van der Waals surface area contributed by atoms with Crippen molar-refractivity contribution in [1.29, 1.82) is 0 Å². The van der Waals surface area contributed by atoms with Crippen LogP contribution < -0.4 is 10.1 Å². The number of halogens is 1. The lowest BCUT2D eigenvalue weighted by atomic mass is 10.0. The van der Waals surface area contributed by atoms with E-state index in [-0.39, 0.29) is 24.2 Å². The topological polar surface area (TPSA) is 38.3 Å². The van der Waals surface area contributed by atoms with Gasteiger partial charge >= 0.3 is 0 Å². The number of methoxy groups -OCH3 is 1. The normalized spacial score (nSPS) is 11.8. The van der Waals surface area contributed by atoms with Gasteiger partial charge in [-0.2, -0.15) is 0 Å². The molecule has 24 heavy (non-hydrogen) atoms. The molecule has 3 nitrogen and oxygen atoms in total. The fraction of sp³-hybridized carbons (Fsp3) is 0.350. The molecule has 0 aliphatic rings. The molecule has 0 saturated heterocycles. The van der Waals surface area contributed by atoms with Gasteiger partial charge in [-0.15, -0.1) is 0 Å². The molecule has 0 unspecified atom stereocenters. The number of ether oxygens (including phenoxy) is 1. The third-order valence-corrected chi connectivity index (χ3v) is 4.14. The summed E-state index contributed by atoms with van der Waals surface area (Å²) in [6.07, 6.45) is 1.46. The SMILES string of the molecule is CC[C@@H](NC(=O)CCc1ccccc1F)c1ccc(OC)c(C)c1. The molecular weight excluding hydrogens is 305 g/mol. The first-order chi connectivity index (χ1) is 11.5. The molecule has 4 heteroatoms. The number of rotatable bonds is 7. The van der Waals surface area contributed by atoms with Crippen LogP contribution in [-0.2, 0) is 11.2 Å². The predicted octanol–water partition coefficient (Wildman–Crippen LogP) is 4.34. The monoisotopic (exact) mass is 329 g/mol. The van der Waals surface area contributed by atoms with Gasteiger partial charge in [0, 0.05) is 6.42 Å². The summed E-state index contributed by atoms with van der Waals surface area (Å²) in [4.78, 5) is 12.2. The van der Waals surface area contributed by atoms with Crippen molar-refractivity contribution in [2.24, 2.45) is 0 Å². The second kappa shape index (κ2) is 8.48. The molecule has 0 radical (unpaired) electrons. The number of amides is 1. The van der Waals surface area contributed by atoms with E-state index in [9.17, 15) is 9.18 Å². The average molecular weight is 329 g/mol. The Morgan fingerprint density at radius 2 is 2.00 bits per heavy atom. The summed E-state index contributed by atoms with van der Waals surface area (Å²) in [6, 6.07) is 12.4. The number of carbonyl (C=O) groups is 1. The van der Waals surface area contributed by atoms with Crippen LogP contribution in [0.5, 0.6) is 5.75 Å². The zero-order valence-electron chi connectivity index (χ0n) is 14.4. The highest BCUT2D eigenvalue weighted by molar-refractivity contribution is 5.76. The number of benzene rings is 2. The van der Waals surface area contributed by atoms with Crippen molar-refractivity contribution < 1.29 is 13.9 Å². The van der Waals surface area contributed by atoms with E-state index in [1.54, 1.807) is 25.3 Å². The maximum absolute atomic E-state index is 13.6. The van der Waals surface area contributed by atoms with E-state index in [0.717, 1.165) is 23.3 Å².